The zero-order valence-electron chi connectivity index (χ0n) is 16.3. The lowest BCUT2D eigenvalue weighted by Crippen LogP contribution is -2.45. The highest BCUT2D eigenvalue weighted by Crippen LogP contribution is 2.46. The first-order valence-corrected chi connectivity index (χ1v) is 9.24. The van der Waals surface area contributed by atoms with Crippen molar-refractivity contribution in [2.24, 2.45) is 5.73 Å². The maximum absolute atomic E-state index is 13.5. The van der Waals surface area contributed by atoms with Crippen LogP contribution < -0.4 is 15.8 Å². The van der Waals surface area contributed by atoms with Crippen molar-refractivity contribution in [1.29, 1.82) is 0 Å². The van der Waals surface area contributed by atoms with Crippen LogP contribution in [0.4, 0.5) is 26.3 Å². The van der Waals surface area contributed by atoms with E-state index in [1.165, 1.54) is 19.1 Å². The molecule has 0 fully saturated rings. The molecule has 1 aliphatic rings. The lowest BCUT2D eigenvalue weighted by Gasteiger charge is -2.24. The van der Waals surface area contributed by atoms with Crippen molar-refractivity contribution in [2.45, 2.75) is 30.9 Å². The second-order valence-electron chi connectivity index (χ2n) is 7.33. The number of nitrogens with two attached hydrogens (primary N) is 1. The van der Waals surface area contributed by atoms with Crippen LogP contribution in [-0.2, 0) is 10.2 Å². The first kappa shape index (κ1) is 22.9. The molecule has 11 heteroatoms. The van der Waals surface area contributed by atoms with Crippen molar-refractivity contribution in [2.75, 3.05) is 19.7 Å². The van der Waals surface area contributed by atoms with Gasteiger partial charge in [0, 0.05) is 17.7 Å². The molecule has 31 heavy (non-hydrogen) atoms. The molecule has 1 aromatic heterocycles. The number of fused-ring (bicyclic) bond motifs is 1. The highest BCUT2D eigenvalue weighted by Gasteiger charge is 2.47. The average molecular weight is 447 g/mol. The molecule has 1 aliphatic heterocycles. The van der Waals surface area contributed by atoms with Gasteiger partial charge in [0.05, 0.1) is 12.2 Å². The third-order valence-electron chi connectivity index (χ3n) is 5.12. The number of alkyl halides is 5. The molecule has 168 valence electrons. The van der Waals surface area contributed by atoms with Crippen molar-refractivity contribution in [3.63, 3.8) is 0 Å². The van der Waals surface area contributed by atoms with Gasteiger partial charge in [-0.15, -0.1) is 0 Å². The van der Waals surface area contributed by atoms with E-state index in [9.17, 15) is 31.1 Å². The van der Waals surface area contributed by atoms with Crippen LogP contribution in [0.5, 0.6) is 5.75 Å². The van der Waals surface area contributed by atoms with Gasteiger partial charge in [-0.2, -0.15) is 13.2 Å². The molecule has 0 saturated heterocycles. The molecule has 2 heterocycles. The third kappa shape index (κ3) is 4.46. The van der Waals surface area contributed by atoms with E-state index in [1.54, 1.807) is 0 Å². The smallest absolute Gasteiger partial charge is 0.398 e. The minimum atomic E-state index is -4.72. The third-order valence-corrected chi connectivity index (χ3v) is 5.12. The first-order chi connectivity index (χ1) is 14.5. The fraction of sp³-hybridized carbons (Fsp3) is 0.400. The Labute approximate surface area is 173 Å². The first-order valence-electron chi connectivity index (χ1n) is 9.24. The molecule has 0 bridgehead atoms. The largest absolute Gasteiger partial charge is 0.489 e. The van der Waals surface area contributed by atoms with Gasteiger partial charge in [0.1, 0.15) is 35.2 Å². The summed E-state index contributed by atoms with van der Waals surface area (Å²) in [5.74, 6) is -3.50. The highest BCUT2D eigenvalue weighted by atomic mass is 19.4. The van der Waals surface area contributed by atoms with Crippen LogP contribution in [0.2, 0.25) is 0 Å². The van der Waals surface area contributed by atoms with Gasteiger partial charge in [0.25, 0.3) is 6.43 Å². The Morgan fingerprint density at radius 2 is 1.94 bits per heavy atom. The zero-order chi connectivity index (χ0) is 23.0. The second kappa shape index (κ2) is 8.37. The molecule has 2 aromatic rings. The van der Waals surface area contributed by atoms with Crippen molar-refractivity contribution in [1.82, 2.24) is 10.3 Å². The van der Waals surface area contributed by atoms with Crippen molar-refractivity contribution in [3.8, 4) is 17.0 Å². The van der Waals surface area contributed by atoms with Gasteiger partial charge in [-0.25, -0.2) is 18.2 Å². The number of carbonyl (C=O) groups excluding carboxylic acids is 1. The Bertz CT molecular complexity index is 965. The number of amides is 1. The molecule has 1 amide bonds. The predicted molar refractivity (Wildman–Crippen MR) is 99.3 cm³/mol. The SMILES string of the molecule is C[C@]1(C(=O)NCC(F)F)COc2c1cc(C(CN)C(F)(F)F)nc2-c1ccc(F)cc1. The molecule has 1 aromatic carbocycles. The summed E-state index contributed by atoms with van der Waals surface area (Å²) >= 11 is 0. The summed E-state index contributed by atoms with van der Waals surface area (Å²) in [7, 11) is 0. The van der Waals surface area contributed by atoms with E-state index < -0.39 is 54.4 Å². The summed E-state index contributed by atoms with van der Waals surface area (Å²) in [4.78, 5) is 16.7. The molecule has 3 rings (SSSR count). The van der Waals surface area contributed by atoms with Gasteiger partial charge < -0.3 is 15.8 Å². The number of pyridine rings is 1. The molecular formula is C20H19F6N3O2. The van der Waals surface area contributed by atoms with E-state index in [-0.39, 0.29) is 29.2 Å². The maximum atomic E-state index is 13.5. The summed E-state index contributed by atoms with van der Waals surface area (Å²) < 4.78 is 84.6. The molecule has 0 aliphatic carbocycles. The van der Waals surface area contributed by atoms with Crippen LogP contribution in [0, 0.1) is 5.82 Å². The van der Waals surface area contributed by atoms with E-state index in [4.69, 9.17) is 10.5 Å². The lowest BCUT2D eigenvalue weighted by atomic mass is 9.82. The molecular weight excluding hydrogens is 428 g/mol. The Balaban J connectivity index is 2.18. The van der Waals surface area contributed by atoms with Gasteiger partial charge in [-0.3, -0.25) is 4.79 Å². The number of aromatic nitrogens is 1. The van der Waals surface area contributed by atoms with Crippen LogP contribution in [0.25, 0.3) is 11.3 Å². The fourth-order valence-corrected chi connectivity index (χ4v) is 3.36. The number of carbonyl (C=O) groups is 1. The number of nitrogens with zero attached hydrogens (tertiary/aromatic N) is 1. The number of hydrogen-bond donors (Lipinski definition) is 2. The van der Waals surface area contributed by atoms with E-state index in [0.717, 1.165) is 18.2 Å². The van der Waals surface area contributed by atoms with E-state index in [2.05, 4.69) is 10.3 Å². The number of hydrogen-bond acceptors (Lipinski definition) is 4. The predicted octanol–water partition coefficient (Wildman–Crippen LogP) is 3.52. The number of nitrogens with one attached hydrogen (secondary N) is 1. The number of rotatable bonds is 6. The number of halogens is 6. The number of benzene rings is 1. The van der Waals surface area contributed by atoms with Crippen molar-refractivity contribution >= 4 is 5.91 Å². The average Bonchev–Trinajstić information content (AvgIpc) is 3.04. The molecule has 0 saturated carbocycles. The van der Waals surface area contributed by atoms with Crippen LogP contribution in [0.1, 0.15) is 24.1 Å². The van der Waals surface area contributed by atoms with Crippen LogP contribution in [-0.4, -0.2) is 43.2 Å². The molecule has 1 unspecified atom stereocenters. The molecule has 0 spiro atoms. The fourth-order valence-electron chi connectivity index (χ4n) is 3.36. The van der Waals surface area contributed by atoms with Crippen LogP contribution in [0.3, 0.4) is 0 Å². The summed E-state index contributed by atoms with van der Waals surface area (Å²) in [6.07, 6.45) is -7.52. The molecule has 3 N–H and O–H groups in total. The van der Waals surface area contributed by atoms with Crippen molar-refractivity contribution in [3.05, 3.63) is 47.4 Å². The topological polar surface area (TPSA) is 77.2 Å². The van der Waals surface area contributed by atoms with E-state index in [0.29, 0.717) is 0 Å². The molecule has 5 nitrogen and oxygen atoms in total. The Hall–Kier alpha value is -2.82. The van der Waals surface area contributed by atoms with Gasteiger partial charge >= 0.3 is 6.18 Å². The van der Waals surface area contributed by atoms with Gasteiger partial charge in [-0.1, -0.05) is 0 Å². The van der Waals surface area contributed by atoms with E-state index in [1.807, 2.05) is 0 Å². The second-order valence-corrected chi connectivity index (χ2v) is 7.33. The normalized spacial score (nSPS) is 19.1. The monoisotopic (exact) mass is 447 g/mol. The summed E-state index contributed by atoms with van der Waals surface area (Å²) in [6, 6.07) is 5.89. The zero-order valence-corrected chi connectivity index (χ0v) is 16.3. The van der Waals surface area contributed by atoms with Gasteiger partial charge in [0.2, 0.25) is 5.91 Å². The quantitative estimate of drug-likeness (QED) is 0.665. The molecule has 0 radical (unpaired) electrons. The summed E-state index contributed by atoms with van der Waals surface area (Å²) in [5, 5.41) is 2.08. The van der Waals surface area contributed by atoms with Gasteiger partial charge in [0.15, 0.2) is 0 Å². The summed E-state index contributed by atoms with van der Waals surface area (Å²) in [6.45, 7) is -0.632. The van der Waals surface area contributed by atoms with Crippen LogP contribution >= 0.6 is 0 Å². The minimum absolute atomic E-state index is 0.0272. The Morgan fingerprint density at radius 3 is 2.48 bits per heavy atom. The van der Waals surface area contributed by atoms with Crippen LogP contribution in [0.15, 0.2) is 30.3 Å². The van der Waals surface area contributed by atoms with Crippen molar-refractivity contribution < 1.29 is 35.9 Å². The highest BCUT2D eigenvalue weighted by molar-refractivity contribution is 5.91. The van der Waals surface area contributed by atoms with Gasteiger partial charge in [-0.05, 0) is 37.3 Å². The Morgan fingerprint density at radius 1 is 1.29 bits per heavy atom. The molecule has 2 atom stereocenters. The van der Waals surface area contributed by atoms with E-state index >= 15 is 0 Å². The standard InChI is InChI=1S/C20H19F6N3O2/c1-19(18(30)28-8-15(22)23)9-31-17-12(19)6-14(13(7-27)20(24,25)26)29-16(17)10-2-4-11(21)5-3-10/h2-6,13,15H,7-9,27H2,1H3,(H,28,30)/t13?,19-/m0/s1. The maximum Gasteiger partial charge on any atom is 0.398 e. The lowest BCUT2D eigenvalue weighted by molar-refractivity contribution is -0.148. The Kier molecular flexibility index (Phi) is 6.17. The minimum Gasteiger partial charge on any atom is -0.489 e. The number of ether oxygens (including phenoxy) is 1. The summed E-state index contributed by atoms with van der Waals surface area (Å²) in [5.41, 5.74) is 3.65.